The lowest BCUT2D eigenvalue weighted by molar-refractivity contribution is -0.517. The third-order valence-electron chi connectivity index (χ3n) is 1.55. The van der Waals surface area contributed by atoms with Crippen LogP contribution in [0.2, 0.25) is 0 Å². The zero-order valence-corrected chi connectivity index (χ0v) is 6.46. The van der Waals surface area contributed by atoms with Crippen LogP contribution in [0.3, 0.4) is 0 Å². The number of hydrogen-bond acceptors (Lipinski definition) is 5. The van der Waals surface area contributed by atoms with Crippen molar-refractivity contribution in [1.29, 1.82) is 0 Å². The van der Waals surface area contributed by atoms with Crippen molar-refractivity contribution in [1.82, 2.24) is 5.32 Å². The van der Waals surface area contributed by atoms with E-state index >= 15 is 0 Å². The van der Waals surface area contributed by atoms with Gasteiger partial charge in [-0.2, -0.15) is 4.99 Å². The van der Waals surface area contributed by atoms with Gasteiger partial charge in [0.2, 0.25) is 0 Å². The third-order valence-corrected chi connectivity index (χ3v) is 1.55. The first-order valence-corrected chi connectivity index (χ1v) is 3.20. The molecular formula is C5H3N3O6. The topological polar surface area (TPSA) is 139 Å². The highest BCUT2D eigenvalue weighted by molar-refractivity contribution is 6.26. The predicted octanol–water partition coefficient (Wildman–Crippen LogP) is -1.59. The lowest BCUT2D eigenvalue weighted by atomic mass is 10.0. The first-order valence-electron chi connectivity index (χ1n) is 3.20. The molecule has 0 spiro atoms. The molecule has 0 radical (unpaired) electrons. The largest absolute Gasteiger partial charge is 0.475 e. The Balaban J connectivity index is 3.30. The van der Waals surface area contributed by atoms with Gasteiger partial charge in [-0.1, -0.05) is 0 Å². The second kappa shape index (κ2) is 2.87. The molecule has 1 aliphatic rings. The minimum Gasteiger partial charge on any atom is -0.475 e. The van der Waals surface area contributed by atoms with Crippen molar-refractivity contribution in [3.8, 4) is 0 Å². The Labute approximate surface area is 75.6 Å². The van der Waals surface area contributed by atoms with Gasteiger partial charge in [-0.25, -0.2) is 9.59 Å². The molecule has 9 nitrogen and oxygen atoms in total. The average Bonchev–Trinajstić information content (AvgIpc) is 2.02. The molecule has 1 rings (SSSR count). The molecule has 0 aliphatic carbocycles. The Morgan fingerprint density at radius 3 is 2.57 bits per heavy atom. The summed E-state index contributed by atoms with van der Waals surface area (Å²) in [6.07, 6.45) is 0.205. The highest BCUT2D eigenvalue weighted by Gasteiger charge is 2.60. The lowest BCUT2D eigenvalue weighted by Crippen LogP contribution is -2.62. The molecule has 1 atom stereocenters. The highest BCUT2D eigenvalue weighted by Crippen LogP contribution is 2.11. The molecule has 1 unspecified atom stereocenters. The Kier molecular flexibility index (Phi) is 2.00. The van der Waals surface area contributed by atoms with Crippen LogP contribution in [-0.4, -0.2) is 39.7 Å². The molecule has 0 fully saturated rings. The van der Waals surface area contributed by atoms with Crippen molar-refractivity contribution in [2.75, 3.05) is 0 Å². The van der Waals surface area contributed by atoms with E-state index in [1.165, 1.54) is 5.32 Å². The highest BCUT2D eigenvalue weighted by atomic mass is 16.6. The number of nitrogens with one attached hydrogen (secondary N) is 1. The van der Waals surface area contributed by atoms with Crippen LogP contribution in [0.1, 0.15) is 0 Å². The van der Waals surface area contributed by atoms with E-state index in [9.17, 15) is 24.5 Å². The van der Waals surface area contributed by atoms with Crippen LogP contribution in [0.15, 0.2) is 4.99 Å². The Morgan fingerprint density at radius 2 is 2.21 bits per heavy atom. The number of carboxylic acids is 1. The Hall–Kier alpha value is -2.32. The molecule has 0 aromatic rings. The van der Waals surface area contributed by atoms with E-state index in [-0.39, 0.29) is 6.21 Å². The van der Waals surface area contributed by atoms with Gasteiger partial charge >= 0.3 is 23.4 Å². The maximum Gasteiger partial charge on any atom is 0.427 e. The zero-order valence-electron chi connectivity index (χ0n) is 6.46. The van der Waals surface area contributed by atoms with Gasteiger partial charge in [0.25, 0.3) is 0 Å². The summed E-state index contributed by atoms with van der Waals surface area (Å²) in [6, 6.07) is -1.13. The smallest absolute Gasteiger partial charge is 0.427 e. The van der Waals surface area contributed by atoms with E-state index in [1.54, 1.807) is 0 Å². The minimum absolute atomic E-state index is 0.205. The van der Waals surface area contributed by atoms with Crippen LogP contribution in [0.4, 0.5) is 4.79 Å². The van der Waals surface area contributed by atoms with Gasteiger partial charge in [-0.15, -0.1) is 0 Å². The summed E-state index contributed by atoms with van der Waals surface area (Å²) in [6.45, 7) is 0. The molecule has 2 N–H and O–H groups in total. The van der Waals surface area contributed by atoms with Crippen LogP contribution in [-0.2, 0) is 9.59 Å². The van der Waals surface area contributed by atoms with Crippen LogP contribution in [0.25, 0.3) is 0 Å². The quantitative estimate of drug-likeness (QED) is 0.313. The first-order chi connectivity index (χ1) is 6.41. The van der Waals surface area contributed by atoms with Crippen molar-refractivity contribution < 1.29 is 24.4 Å². The van der Waals surface area contributed by atoms with Gasteiger partial charge in [0, 0.05) is 0 Å². The summed E-state index contributed by atoms with van der Waals surface area (Å²) in [4.78, 5) is 43.9. The van der Waals surface area contributed by atoms with E-state index in [0.717, 1.165) is 0 Å². The van der Waals surface area contributed by atoms with Crippen LogP contribution in [0.5, 0.6) is 0 Å². The summed E-state index contributed by atoms with van der Waals surface area (Å²) in [5, 5.41) is 20.3. The number of amides is 3. The standard InChI is InChI=1S/C5H3N3O6/c9-2-5(3(10)11,8(13)14)1-6-4(12)7-2/h1H,(H,10,11)(H,7,9,12). The average molecular weight is 201 g/mol. The minimum atomic E-state index is -3.01. The van der Waals surface area contributed by atoms with Crippen molar-refractivity contribution in [3.05, 3.63) is 10.1 Å². The monoisotopic (exact) mass is 201 g/mol. The van der Waals surface area contributed by atoms with Crippen molar-refractivity contribution in [2.45, 2.75) is 5.54 Å². The van der Waals surface area contributed by atoms with Gasteiger partial charge in [0.1, 0.15) is 6.21 Å². The fourth-order valence-electron chi connectivity index (χ4n) is 0.796. The number of aliphatic carboxylic acids is 1. The molecule has 0 saturated heterocycles. The third kappa shape index (κ3) is 1.11. The second-order valence-corrected chi connectivity index (χ2v) is 2.35. The van der Waals surface area contributed by atoms with Gasteiger partial charge in [-0.05, 0) is 0 Å². The number of carboxylic acid groups (broad SMARTS) is 1. The predicted molar refractivity (Wildman–Crippen MR) is 39.4 cm³/mol. The van der Waals surface area contributed by atoms with E-state index in [2.05, 4.69) is 4.99 Å². The number of urea groups is 1. The molecule has 0 aromatic heterocycles. The molecule has 0 aromatic carbocycles. The van der Waals surface area contributed by atoms with Crippen LogP contribution >= 0.6 is 0 Å². The number of aliphatic imine (C=N–C) groups is 1. The molecule has 1 heterocycles. The fourth-order valence-corrected chi connectivity index (χ4v) is 0.796. The Morgan fingerprint density at radius 1 is 1.64 bits per heavy atom. The first kappa shape index (κ1) is 9.77. The van der Waals surface area contributed by atoms with Gasteiger partial charge in [0.15, 0.2) is 0 Å². The molecule has 3 amide bonds. The Bertz CT molecular complexity index is 358. The summed E-state index contributed by atoms with van der Waals surface area (Å²) < 4.78 is 0. The number of nitro groups is 1. The molecule has 74 valence electrons. The zero-order chi connectivity index (χ0) is 10.9. The number of nitrogens with zero attached hydrogens (tertiary/aromatic N) is 2. The summed E-state index contributed by atoms with van der Waals surface area (Å²) >= 11 is 0. The fraction of sp³-hybridized carbons (Fsp3) is 0.200. The van der Waals surface area contributed by atoms with E-state index in [4.69, 9.17) is 5.11 Å². The van der Waals surface area contributed by atoms with Crippen LogP contribution in [0, 0.1) is 10.1 Å². The number of rotatable bonds is 2. The van der Waals surface area contributed by atoms with Gasteiger partial charge in [0.05, 0.1) is 4.92 Å². The number of carbonyl (C=O) groups excluding carboxylic acids is 2. The number of imide groups is 1. The summed E-state index contributed by atoms with van der Waals surface area (Å²) in [5.41, 5.74) is -3.01. The van der Waals surface area contributed by atoms with Crippen molar-refractivity contribution in [2.24, 2.45) is 4.99 Å². The normalized spacial score (nSPS) is 25.7. The maximum absolute atomic E-state index is 11.0. The second-order valence-electron chi connectivity index (χ2n) is 2.35. The molecule has 1 aliphatic heterocycles. The van der Waals surface area contributed by atoms with E-state index < -0.39 is 28.4 Å². The maximum atomic E-state index is 11.0. The molecular weight excluding hydrogens is 198 g/mol. The van der Waals surface area contributed by atoms with Gasteiger partial charge in [-0.3, -0.25) is 20.2 Å². The number of hydrogen-bond donors (Lipinski definition) is 2. The van der Waals surface area contributed by atoms with E-state index in [0.29, 0.717) is 0 Å². The molecule has 0 saturated carbocycles. The van der Waals surface area contributed by atoms with E-state index in [1.807, 2.05) is 0 Å². The molecule has 0 bridgehead atoms. The van der Waals surface area contributed by atoms with Crippen LogP contribution < -0.4 is 5.32 Å². The van der Waals surface area contributed by atoms with Crippen molar-refractivity contribution in [3.63, 3.8) is 0 Å². The summed E-state index contributed by atoms with van der Waals surface area (Å²) in [5.74, 6) is -3.54. The molecule has 9 heteroatoms. The SMILES string of the molecule is O=C1N=CC(C(=O)O)([N+](=O)[O-])C(=O)N1. The van der Waals surface area contributed by atoms with Gasteiger partial charge < -0.3 is 5.11 Å². The van der Waals surface area contributed by atoms with Crippen molar-refractivity contribution >= 4 is 24.1 Å². The number of carbonyl (C=O) groups is 3. The lowest BCUT2D eigenvalue weighted by Gasteiger charge is -2.17. The summed E-state index contributed by atoms with van der Waals surface area (Å²) in [7, 11) is 0. The molecule has 14 heavy (non-hydrogen) atoms.